The Morgan fingerprint density at radius 3 is 2.25 bits per heavy atom. The van der Waals surface area contributed by atoms with E-state index in [9.17, 15) is 8.42 Å². The molecule has 4 aliphatic rings. The number of fused-ring (bicyclic) bond motifs is 2. The number of nitrogens with zero attached hydrogens (tertiary/aromatic N) is 2. The summed E-state index contributed by atoms with van der Waals surface area (Å²) in [5.41, 5.74) is 4.35. The van der Waals surface area contributed by atoms with Gasteiger partial charge in [0.15, 0.2) is 0 Å². The van der Waals surface area contributed by atoms with Gasteiger partial charge in [-0.1, -0.05) is 67.1 Å². The number of nitrogens with one attached hydrogen (secondary N) is 1. The van der Waals surface area contributed by atoms with Crippen molar-refractivity contribution in [3.8, 4) is 5.75 Å². The average Bonchev–Trinajstić information content (AvgIpc) is 3.49. The highest BCUT2D eigenvalue weighted by atomic mass is 32.2. The second kappa shape index (κ2) is 11.2. The third-order valence-corrected chi connectivity index (χ3v) is 11.0. The first kappa shape index (κ1) is 27.3. The highest BCUT2D eigenvalue weighted by molar-refractivity contribution is 7.92. The smallest absolute Gasteiger partial charge is 0.231 e. The van der Waals surface area contributed by atoms with Crippen LogP contribution in [-0.4, -0.2) is 58.4 Å². The summed E-state index contributed by atoms with van der Waals surface area (Å²) < 4.78 is 31.6. The van der Waals surface area contributed by atoms with Crippen molar-refractivity contribution in [1.29, 1.82) is 0 Å². The average molecular weight is 560 g/mol. The summed E-state index contributed by atoms with van der Waals surface area (Å²) in [6, 6.07) is 29.0. The minimum Gasteiger partial charge on any atom is -0.496 e. The maximum Gasteiger partial charge on any atom is 0.231 e. The monoisotopic (exact) mass is 559 g/mol. The van der Waals surface area contributed by atoms with Crippen LogP contribution in [0.25, 0.3) is 0 Å². The molecule has 212 valence electrons. The summed E-state index contributed by atoms with van der Waals surface area (Å²) in [6.07, 6.45) is 6.39. The van der Waals surface area contributed by atoms with Gasteiger partial charge in [-0.3, -0.25) is 9.21 Å². The Bertz CT molecular complexity index is 1380. The molecule has 0 aromatic heterocycles. The first-order valence-corrected chi connectivity index (χ1v) is 16.4. The summed E-state index contributed by atoms with van der Waals surface area (Å²) in [5, 5.41) is 4.04. The largest absolute Gasteiger partial charge is 0.496 e. The molecular formula is C33H41N3O3S. The molecule has 3 heterocycles. The summed E-state index contributed by atoms with van der Waals surface area (Å²) >= 11 is 0. The molecule has 4 fully saturated rings. The van der Waals surface area contributed by atoms with Crippen LogP contribution in [0.3, 0.4) is 0 Å². The van der Waals surface area contributed by atoms with Crippen molar-refractivity contribution < 1.29 is 13.2 Å². The van der Waals surface area contributed by atoms with Gasteiger partial charge in [0.1, 0.15) is 5.75 Å². The van der Waals surface area contributed by atoms with Crippen molar-refractivity contribution >= 4 is 15.7 Å². The lowest BCUT2D eigenvalue weighted by molar-refractivity contribution is -0.0706. The van der Waals surface area contributed by atoms with Crippen LogP contribution in [0.5, 0.6) is 5.75 Å². The molecule has 2 bridgehead atoms. The lowest BCUT2D eigenvalue weighted by Crippen LogP contribution is -2.69. The molecule has 3 aromatic carbocycles. The van der Waals surface area contributed by atoms with Gasteiger partial charge in [0.05, 0.1) is 19.1 Å². The van der Waals surface area contributed by atoms with E-state index in [2.05, 4.69) is 70.9 Å². The molecule has 3 aliphatic heterocycles. The van der Waals surface area contributed by atoms with Gasteiger partial charge in [0, 0.05) is 43.2 Å². The maximum atomic E-state index is 12.3. The van der Waals surface area contributed by atoms with Gasteiger partial charge in [-0.25, -0.2) is 8.42 Å². The van der Waals surface area contributed by atoms with E-state index >= 15 is 0 Å². The molecular weight excluding hydrogens is 518 g/mol. The van der Waals surface area contributed by atoms with E-state index in [1.165, 1.54) is 47.4 Å². The fourth-order valence-corrected chi connectivity index (χ4v) is 8.43. The SMILES string of the molecule is COc1ccc(N(C)S(C)(=O)=O)cc1CNC1C2CCN(C3CCCC23)C1C(c1ccccc1)c1ccccc1. The normalized spacial score (nSPS) is 27.5. The molecule has 7 heteroatoms. The van der Waals surface area contributed by atoms with Crippen LogP contribution in [-0.2, 0) is 16.6 Å². The molecule has 0 amide bonds. The molecule has 3 saturated heterocycles. The van der Waals surface area contributed by atoms with Crippen LogP contribution >= 0.6 is 0 Å². The quantitative estimate of drug-likeness (QED) is 0.388. The zero-order valence-electron chi connectivity index (χ0n) is 23.7. The number of hydrogen-bond acceptors (Lipinski definition) is 5. The molecule has 0 radical (unpaired) electrons. The van der Waals surface area contributed by atoms with Crippen LogP contribution in [0.2, 0.25) is 0 Å². The zero-order chi connectivity index (χ0) is 27.9. The molecule has 0 spiro atoms. The van der Waals surface area contributed by atoms with Crippen molar-refractivity contribution in [2.45, 2.75) is 56.3 Å². The standard InChI is InChI=1S/C33H41N3O3S/c1-35(40(3,37)38)26-17-18-30(39-2)25(21-26)22-34-32-28-19-20-36(29-16-10-15-27(28)29)33(32)31(23-11-6-4-7-12-23)24-13-8-5-9-14-24/h4-9,11-14,17-18,21,27-29,31-34H,10,15-16,19-20,22H2,1-3H3. The van der Waals surface area contributed by atoms with Crippen molar-refractivity contribution in [2.24, 2.45) is 11.8 Å². The Morgan fingerprint density at radius 1 is 0.950 bits per heavy atom. The molecule has 3 aromatic rings. The lowest BCUT2D eigenvalue weighted by atomic mass is 9.64. The van der Waals surface area contributed by atoms with E-state index < -0.39 is 10.0 Å². The van der Waals surface area contributed by atoms with Crippen LogP contribution in [0.4, 0.5) is 5.69 Å². The summed E-state index contributed by atoms with van der Waals surface area (Å²) in [7, 11) is -0.0804. The minimum atomic E-state index is -3.36. The van der Waals surface area contributed by atoms with Gasteiger partial charge in [-0.05, 0) is 67.0 Å². The number of benzene rings is 3. The molecule has 40 heavy (non-hydrogen) atoms. The lowest BCUT2D eigenvalue weighted by Gasteiger charge is -2.60. The molecule has 1 N–H and O–H groups in total. The molecule has 6 nitrogen and oxygen atoms in total. The second-order valence-corrected chi connectivity index (χ2v) is 13.8. The van der Waals surface area contributed by atoms with Gasteiger partial charge in [0.25, 0.3) is 0 Å². The number of methoxy groups -OCH3 is 1. The van der Waals surface area contributed by atoms with E-state index in [4.69, 9.17) is 4.74 Å². The molecule has 1 saturated carbocycles. The van der Waals surface area contributed by atoms with E-state index in [0.717, 1.165) is 23.8 Å². The van der Waals surface area contributed by atoms with E-state index in [1.54, 1.807) is 14.2 Å². The van der Waals surface area contributed by atoms with Crippen molar-refractivity contribution in [2.75, 3.05) is 31.3 Å². The topological polar surface area (TPSA) is 61.9 Å². The van der Waals surface area contributed by atoms with Crippen molar-refractivity contribution in [3.05, 3.63) is 95.6 Å². The van der Waals surface area contributed by atoms with E-state index in [-0.39, 0.29) is 5.92 Å². The van der Waals surface area contributed by atoms with E-state index in [1.807, 2.05) is 18.2 Å². The van der Waals surface area contributed by atoms with Crippen LogP contribution < -0.4 is 14.4 Å². The molecule has 6 unspecified atom stereocenters. The summed E-state index contributed by atoms with van der Waals surface area (Å²) in [6.45, 7) is 1.77. The summed E-state index contributed by atoms with van der Waals surface area (Å²) in [4.78, 5) is 2.85. The van der Waals surface area contributed by atoms with Gasteiger partial charge in [0.2, 0.25) is 10.0 Å². The van der Waals surface area contributed by atoms with Gasteiger partial charge in [-0.2, -0.15) is 0 Å². The molecule has 1 aliphatic carbocycles. The number of sulfonamides is 1. The molecule has 7 rings (SSSR count). The number of ether oxygens (including phenoxy) is 1. The minimum absolute atomic E-state index is 0.258. The fraction of sp³-hybridized carbons (Fsp3) is 0.455. The van der Waals surface area contributed by atoms with Crippen molar-refractivity contribution in [3.63, 3.8) is 0 Å². The van der Waals surface area contributed by atoms with E-state index in [0.29, 0.717) is 36.3 Å². The van der Waals surface area contributed by atoms with Gasteiger partial charge >= 0.3 is 0 Å². The first-order chi connectivity index (χ1) is 19.4. The summed E-state index contributed by atoms with van der Waals surface area (Å²) in [5.74, 6) is 2.39. The first-order valence-electron chi connectivity index (χ1n) is 14.6. The zero-order valence-corrected chi connectivity index (χ0v) is 24.6. The van der Waals surface area contributed by atoms with Crippen LogP contribution in [0, 0.1) is 11.8 Å². The number of piperidine rings is 3. The predicted molar refractivity (Wildman–Crippen MR) is 161 cm³/mol. The Hall–Kier alpha value is -2.87. The number of rotatable bonds is 9. The molecule has 6 atom stereocenters. The number of hydrogen-bond donors (Lipinski definition) is 1. The number of anilines is 1. The fourth-order valence-electron chi connectivity index (χ4n) is 7.93. The van der Waals surface area contributed by atoms with Gasteiger partial charge < -0.3 is 10.1 Å². The third-order valence-electron chi connectivity index (χ3n) is 9.75. The highest BCUT2D eigenvalue weighted by Gasteiger charge is 2.55. The third kappa shape index (κ3) is 5.04. The maximum absolute atomic E-state index is 12.3. The van der Waals surface area contributed by atoms with Crippen LogP contribution in [0.1, 0.15) is 48.3 Å². The second-order valence-electron chi connectivity index (χ2n) is 11.8. The highest BCUT2D eigenvalue weighted by Crippen LogP contribution is 2.52. The van der Waals surface area contributed by atoms with Crippen LogP contribution in [0.15, 0.2) is 78.9 Å². The Morgan fingerprint density at radius 2 is 1.62 bits per heavy atom. The van der Waals surface area contributed by atoms with Gasteiger partial charge in [-0.15, -0.1) is 0 Å². The predicted octanol–water partition coefficient (Wildman–Crippen LogP) is 5.25. The Labute approximate surface area is 239 Å². The Kier molecular flexibility index (Phi) is 7.64. The Balaban J connectivity index is 1.38. The van der Waals surface area contributed by atoms with Crippen molar-refractivity contribution in [1.82, 2.24) is 10.2 Å².